The van der Waals surface area contributed by atoms with E-state index in [1.165, 1.54) is 0 Å². The molecule has 0 fully saturated rings. The van der Waals surface area contributed by atoms with Gasteiger partial charge in [0.2, 0.25) is 0 Å². The monoisotopic (exact) mass is 348 g/mol. The fourth-order valence-corrected chi connectivity index (χ4v) is 2.28. The molecule has 0 radical (unpaired) electrons. The summed E-state index contributed by atoms with van der Waals surface area (Å²) in [7, 11) is 0. The first-order valence-corrected chi connectivity index (χ1v) is 6.35. The van der Waals surface area contributed by atoms with Crippen molar-refractivity contribution in [3.63, 3.8) is 0 Å². The molecule has 18 heavy (non-hydrogen) atoms. The van der Waals surface area contributed by atoms with Gasteiger partial charge in [0.05, 0.1) is 17.3 Å². The number of carbonyl (C=O) groups is 1. The summed E-state index contributed by atoms with van der Waals surface area (Å²) >= 11 is 8.59. The quantitative estimate of drug-likeness (QED) is 0.620. The van der Waals surface area contributed by atoms with E-state index in [9.17, 15) is 18.0 Å². The van der Waals surface area contributed by atoms with Crippen molar-refractivity contribution < 1.29 is 22.7 Å². The van der Waals surface area contributed by atoms with Crippen LogP contribution in [0.1, 0.15) is 18.3 Å². The molecule has 4 nitrogen and oxygen atoms in total. The van der Waals surface area contributed by atoms with E-state index in [1.807, 2.05) is 0 Å². The van der Waals surface area contributed by atoms with Gasteiger partial charge in [-0.1, -0.05) is 27.5 Å². The van der Waals surface area contributed by atoms with Gasteiger partial charge in [-0.05, 0) is 6.92 Å². The fraction of sp³-hybridized carbons (Fsp3) is 0.556. The fourth-order valence-electron chi connectivity index (χ4n) is 1.24. The molecular weight excluding hydrogens is 340 g/mol. The summed E-state index contributed by atoms with van der Waals surface area (Å²) in [5.74, 6) is -0.674. The van der Waals surface area contributed by atoms with Crippen molar-refractivity contribution in [1.82, 2.24) is 9.78 Å². The molecule has 0 aliphatic carbocycles. The summed E-state index contributed by atoms with van der Waals surface area (Å²) in [4.78, 5) is 11.2. The molecule has 1 rings (SSSR count). The molecule has 0 aromatic carbocycles. The lowest BCUT2D eigenvalue weighted by molar-refractivity contribution is -0.146. The number of aromatic nitrogens is 2. The maximum atomic E-state index is 12.6. The normalized spacial score (nSPS) is 11.7. The molecule has 0 atom stereocenters. The largest absolute Gasteiger partial charge is 0.465 e. The number of carbonyl (C=O) groups excluding carboxylic acids is 1. The highest BCUT2D eigenvalue weighted by molar-refractivity contribution is 9.08. The van der Waals surface area contributed by atoms with Gasteiger partial charge in [-0.25, -0.2) is 0 Å². The summed E-state index contributed by atoms with van der Waals surface area (Å²) in [6.07, 6.45) is -4.66. The predicted molar refractivity (Wildman–Crippen MR) is 61.5 cm³/mol. The highest BCUT2D eigenvalue weighted by Crippen LogP contribution is 2.36. The van der Waals surface area contributed by atoms with E-state index in [2.05, 4.69) is 25.8 Å². The smallest absolute Gasteiger partial charge is 0.436 e. The zero-order chi connectivity index (χ0) is 13.9. The lowest BCUT2D eigenvalue weighted by atomic mass is 10.3. The van der Waals surface area contributed by atoms with E-state index in [0.717, 1.165) is 4.68 Å². The molecule has 0 saturated carbocycles. The maximum absolute atomic E-state index is 12.6. The van der Waals surface area contributed by atoms with Crippen LogP contribution in [-0.4, -0.2) is 22.4 Å². The van der Waals surface area contributed by atoms with Gasteiger partial charge in [0.1, 0.15) is 6.54 Å². The Morgan fingerprint density at radius 1 is 1.56 bits per heavy atom. The summed E-state index contributed by atoms with van der Waals surface area (Å²) in [6.45, 7) is 1.33. The molecule has 102 valence electrons. The van der Waals surface area contributed by atoms with Crippen LogP contribution in [0.25, 0.3) is 0 Å². The van der Waals surface area contributed by atoms with Crippen molar-refractivity contribution in [3.05, 3.63) is 16.4 Å². The summed E-state index contributed by atoms with van der Waals surface area (Å²) < 4.78 is 43.2. The molecule has 1 aromatic heterocycles. The van der Waals surface area contributed by atoms with Gasteiger partial charge in [0.25, 0.3) is 0 Å². The van der Waals surface area contributed by atoms with Crippen molar-refractivity contribution >= 4 is 33.5 Å². The Hall–Kier alpha value is -0.760. The first kappa shape index (κ1) is 15.3. The molecule has 0 N–H and O–H groups in total. The second-order valence-corrected chi connectivity index (χ2v) is 4.14. The minimum atomic E-state index is -4.66. The van der Waals surface area contributed by atoms with Crippen molar-refractivity contribution in [2.24, 2.45) is 0 Å². The van der Waals surface area contributed by atoms with Gasteiger partial charge in [-0.3, -0.25) is 9.48 Å². The lowest BCUT2D eigenvalue weighted by Gasteiger charge is -2.04. The summed E-state index contributed by atoms with van der Waals surface area (Å²) in [5.41, 5.74) is -1.13. The standard InChI is InChI=1S/C9H9BrClF3N2O2/c1-2-18-6(17)4-16-5(3-10)7(11)8(15-16)9(12,13)14/h2-4H2,1H3. The Morgan fingerprint density at radius 2 is 2.17 bits per heavy atom. The van der Waals surface area contributed by atoms with Gasteiger partial charge in [0, 0.05) is 5.33 Å². The number of hydrogen-bond donors (Lipinski definition) is 0. The molecular formula is C9H9BrClF3N2O2. The van der Waals surface area contributed by atoms with E-state index < -0.39 is 29.4 Å². The first-order chi connectivity index (χ1) is 8.31. The van der Waals surface area contributed by atoms with Gasteiger partial charge < -0.3 is 4.74 Å². The third-order valence-corrected chi connectivity index (χ3v) is 2.90. The van der Waals surface area contributed by atoms with E-state index in [1.54, 1.807) is 6.92 Å². The molecule has 0 spiro atoms. The SMILES string of the molecule is CCOC(=O)Cn1nc(C(F)(F)F)c(Cl)c1CBr. The van der Waals surface area contributed by atoms with Crippen LogP contribution in [0.3, 0.4) is 0 Å². The Morgan fingerprint density at radius 3 is 2.61 bits per heavy atom. The second kappa shape index (κ2) is 5.92. The van der Waals surface area contributed by atoms with E-state index in [0.29, 0.717) is 0 Å². The highest BCUT2D eigenvalue weighted by Gasteiger charge is 2.38. The van der Waals surface area contributed by atoms with Crippen molar-refractivity contribution in [3.8, 4) is 0 Å². The van der Waals surface area contributed by atoms with Crippen molar-refractivity contribution in [1.29, 1.82) is 0 Å². The lowest BCUT2D eigenvalue weighted by Crippen LogP contribution is -2.17. The van der Waals surface area contributed by atoms with Gasteiger partial charge in [0.15, 0.2) is 5.69 Å². The average molecular weight is 350 g/mol. The number of nitrogens with zero attached hydrogens (tertiary/aromatic N) is 2. The topological polar surface area (TPSA) is 44.1 Å². The number of halogens is 5. The summed E-state index contributed by atoms with van der Waals surface area (Å²) in [5, 5.41) is 2.84. The minimum absolute atomic E-state index is 0.0499. The molecule has 0 amide bonds. The molecule has 0 aliphatic rings. The molecule has 1 heterocycles. The molecule has 0 unspecified atom stereocenters. The number of esters is 1. The van der Waals surface area contributed by atoms with Crippen molar-refractivity contribution in [2.45, 2.75) is 25.0 Å². The predicted octanol–water partition coefficient (Wildman–Crippen LogP) is 3.01. The first-order valence-electron chi connectivity index (χ1n) is 4.85. The van der Waals surface area contributed by atoms with E-state index >= 15 is 0 Å². The van der Waals surface area contributed by atoms with Crippen molar-refractivity contribution in [2.75, 3.05) is 6.61 Å². The van der Waals surface area contributed by atoms with Crippen LogP contribution in [-0.2, 0) is 27.6 Å². The zero-order valence-corrected chi connectivity index (χ0v) is 11.6. The molecule has 0 bridgehead atoms. The maximum Gasteiger partial charge on any atom is 0.436 e. The number of rotatable bonds is 4. The van der Waals surface area contributed by atoms with Crippen LogP contribution in [0.4, 0.5) is 13.2 Å². The Kier molecular flexibility index (Phi) is 5.03. The van der Waals surface area contributed by atoms with Crippen LogP contribution in [0.15, 0.2) is 0 Å². The van der Waals surface area contributed by atoms with Crippen LogP contribution in [0.5, 0.6) is 0 Å². The molecule has 1 aromatic rings. The second-order valence-electron chi connectivity index (χ2n) is 3.20. The molecule has 0 aliphatic heterocycles. The Bertz CT molecular complexity index is 448. The van der Waals surface area contributed by atoms with Gasteiger partial charge >= 0.3 is 12.1 Å². The van der Waals surface area contributed by atoms with Crippen LogP contribution in [0.2, 0.25) is 5.02 Å². The third-order valence-electron chi connectivity index (χ3n) is 1.97. The molecule has 0 saturated heterocycles. The van der Waals surface area contributed by atoms with Crippen LogP contribution < -0.4 is 0 Å². The van der Waals surface area contributed by atoms with E-state index in [-0.39, 0.29) is 17.6 Å². The van der Waals surface area contributed by atoms with E-state index in [4.69, 9.17) is 11.6 Å². The zero-order valence-electron chi connectivity index (χ0n) is 9.22. The Balaban J connectivity index is 3.09. The van der Waals surface area contributed by atoms with Gasteiger partial charge in [-0.2, -0.15) is 18.3 Å². The van der Waals surface area contributed by atoms with Gasteiger partial charge in [-0.15, -0.1) is 0 Å². The average Bonchev–Trinajstić information content (AvgIpc) is 2.54. The summed E-state index contributed by atoms with van der Waals surface area (Å²) in [6, 6.07) is 0. The molecule has 9 heteroatoms. The number of hydrogen-bond acceptors (Lipinski definition) is 3. The number of ether oxygens (including phenoxy) is 1. The minimum Gasteiger partial charge on any atom is -0.465 e. The van der Waals surface area contributed by atoms with Crippen LogP contribution in [0, 0.1) is 0 Å². The Labute approximate surface area is 114 Å². The van der Waals surface area contributed by atoms with Crippen LogP contribution >= 0.6 is 27.5 Å². The number of alkyl halides is 4. The highest BCUT2D eigenvalue weighted by atomic mass is 79.9. The third kappa shape index (κ3) is 3.38.